The molecule has 5 heteroatoms. The Morgan fingerprint density at radius 1 is 0.786 bits per heavy atom. The maximum absolute atomic E-state index is 12.6. The van der Waals surface area contributed by atoms with E-state index in [0.29, 0.717) is 5.56 Å². The van der Waals surface area contributed by atoms with Crippen molar-refractivity contribution in [1.29, 1.82) is 0 Å². The first kappa shape index (κ1) is 19.3. The number of aromatic nitrogens is 1. The third kappa shape index (κ3) is 4.09. The molecule has 5 nitrogen and oxygen atoms in total. The molecule has 142 valence electrons. The van der Waals surface area contributed by atoms with Crippen molar-refractivity contribution in [3.63, 3.8) is 0 Å². The fourth-order valence-electron chi connectivity index (χ4n) is 2.97. The minimum absolute atomic E-state index is 0.191. The summed E-state index contributed by atoms with van der Waals surface area (Å²) < 4.78 is 0. The van der Waals surface area contributed by atoms with Gasteiger partial charge in [-0.3, -0.25) is 14.6 Å². The van der Waals surface area contributed by atoms with E-state index >= 15 is 0 Å². The van der Waals surface area contributed by atoms with Gasteiger partial charge >= 0.3 is 0 Å². The number of amides is 2. The molecule has 1 heterocycles. The third-order valence-corrected chi connectivity index (χ3v) is 4.83. The lowest BCUT2D eigenvalue weighted by molar-refractivity contribution is 0.102. The van der Waals surface area contributed by atoms with E-state index in [1.807, 2.05) is 64.1 Å². The first-order chi connectivity index (χ1) is 13.4. The number of nitrogens with zero attached hydrogens (tertiary/aromatic N) is 1. The van der Waals surface area contributed by atoms with Crippen LogP contribution in [0.2, 0.25) is 0 Å². The number of aryl methyl sites for hydroxylation is 3. The minimum atomic E-state index is -0.348. The zero-order valence-corrected chi connectivity index (χ0v) is 16.5. The fourth-order valence-corrected chi connectivity index (χ4v) is 2.97. The lowest BCUT2D eigenvalue weighted by Gasteiger charge is -2.12. The van der Waals surface area contributed by atoms with Crippen LogP contribution in [0.15, 0.2) is 54.7 Å². The molecule has 0 saturated heterocycles. The van der Waals surface area contributed by atoms with Crippen molar-refractivity contribution in [2.24, 2.45) is 0 Å². The summed E-state index contributed by atoms with van der Waals surface area (Å²) in [6, 6.07) is 14.7. The number of hydrogen-bond donors (Lipinski definition) is 2. The second kappa shape index (κ2) is 8.05. The lowest BCUT2D eigenvalue weighted by atomic mass is 10.1. The highest BCUT2D eigenvalue weighted by Gasteiger charge is 2.15. The van der Waals surface area contributed by atoms with Gasteiger partial charge in [0.2, 0.25) is 0 Å². The van der Waals surface area contributed by atoms with Crippen LogP contribution in [0, 0.1) is 27.7 Å². The molecule has 3 rings (SSSR count). The molecule has 3 aromatic rings. The van der Waals surface area contributed by atoms with Crippen LogP contribution < -0.4 is 10.6 Å². The fraction of sp³-hybridized carbons (Fsp3) is 0.174. The molecule has 28 heavy (non-hydrogen) atoms. The van der Waals surface area contributed by atoms with E-state index in [4.69, 9.17) is 0 Å². The highest BCUT2D eigenvalue weighted by atomic mass is 16.2. The molecular weight excluding hydrogens is 350 g/mol. The summed E-state index contributed by atoms with van der Waals surface area (Å²) in [7, 11) is 0. The van der Waals surface area contributed by atoms with Crippen molar-refractivity contribution in [1.82, 2.24) is 4.98 Å². The van der Waals surface area contributed by atoms with Crippen LogP contribution in [0.5, 0.6) is 0 Å². The molecule has 0 unspecified atom stereocenters. The van der Waals surface area contributed by atoms with E-state index in [-0.39, 0.29) is 17.5 Å². The number of hydrogen-bond acceptors (Lipinski definition) is 3. The number of carbonyl (C=O) groups excluding carboxylic acids is 2. The van der Waals surface area contributed by atoms with Gasteiger partial charge in [-0.2, -0.15) is 0 Å². The SMILES string of the molecule is Cc1cccc(NC(=O)c2ccnc(C(=O)Nc3c(C)cccc3C)c2)c1C. The molecule has 1 aromatic heterocycles. The molecule has 0 bridgehead atoms. The lowest BCUT2D eigenvalue weighted by Crippen LogP contribution is -2.18. The van der Waals surface area contributed by atoms with Crippen LogP contribution in [0.25, 0.3) is 0 Å². The average Bonchev–Trinajstić information content (AvgIpc) is 2.68. The molecule has 0 radical (unpaired) electrons. The molecular formula is C23H23N3O2. The normalized spacial score (nSPS) is 10.4. The van der Waals surface area contributed by atoms with Gasteiger partial charge in [0.25, 0.3) is 11.8 Å². The van der Waals surface area contributed by atoms with Crippen molar-refractivity contribution < 1.29 is 9.59 Å². The number of benzene rings is 2. The molecule has 0 spiro atoms. The third-order valence-electron chi connectivity index (χ3n) is 4.83. The highest BCUT2D eigenvalue weighted by molar-refractivity contribution is 6.08. The molecule has 2 N–H and O–H groups in total. The topological polar surface area (TPSA) is 71.1 Å². The van der Waals surface area contributed by atoms with Crippen LogP contribution in [0.1, 0.15) is 43.1 Å². The Kier molecular flexibility index (Phi) is 5.54. The van der Waals surface area contributed by atoms with Crippen LogP contribution in [-0.2, 0) is 0 Å². The van der Waals surface area contributed by atoms with E-state index in [2.05, 4.69) is 15.6 Å². The van der Waals surface area contributed by atoms with Gasteiger partial charge in [-0.05, 0) is 68.1 Å². The van der Waals surface area contributed by atoms with E-state index in [1.54, 1.807) is 6.07 Å². The molecule has 2 amide bonds. The van der Waals surface area contributed by atoms with Gasteiger partial charge in [0.1, 0.15) is 5.69 Å². The Labute approximate surface area is 164 Å². The summed E-state index contributed by atoms with van der Waals surface area (Å²) >= 11 is 0. The Morgan fingerprint density at radius 2 is 1.43 bits per heavy atom. The Bertz CT molecular complexity index is 1040. The largest absolute Gasteiger partial charge is 0.322 e. The maximum atomic E-state index is 12.6. The van der Waals surface area contributed by atoms with Crippen LogP contribution in [0.3, 0.4) is 0 Å². The van der Waals surface area contributed by atoms with E-state index in [1.165, 1.54) is 12.3 Å². The quantitative estimate of drug-likeness (QED) is 0.689. The molecule has 2 aromatic carbocycles. The van der Waals surface area contributed by atoms with Crippen LogP contribution >= 0.6 is 0 Å². The summed E-state index contributed by atoms with van der Waals surface area (Å²) in [4.78, 5) is 29.4. The molecule has 0 atom stereocenters. The second-order valence-corrected chi connectivity index (χ2v) is 6.85. The second-order valence-electron chi connectivity index (χ2n) is 6.85. The Hall–Kier alpha value is -3.47. The van der Waals surface area contributed by atoms with Crippen molar-refractivity contribution in [2.75, 3.05) is 10.6 Å². The van der Waals surface area contributed by atoms with Crippen molar-refractivity contribution in [3.8, 4) is 0 Å². The molecule has 0 aliphatic heterocycles. The maximum Gasteiger partial charge on any atom is 0.274 e. The van der Waals surface area contributed by atoms with Gasteiger partial charge in [0.15, 0.2) is 0 Å². The van der Waals surface area contributed by atoms with Gasteiger partial charge in [-0.25, -0.2) is 0 Å². The van der Waals surface area contributed by atoms with Crippen LogP contribution in [-0.4, -0.2) is 16.8 Å². The minimum Gasteiger partial charge on any atom is -0.322 e. The molecule has 0 aliphatic rings. The molecule has 0 saturated carbocycles. The first-order valence-electron chi connectivity index (χ1n) is 9.08. The number of nitrogens with one attached hydrogen (secondary N) is 2. The van der Waals surface area contributed by atoms with E-state index in [9.17, 15) is 9.59 Å². The van der Waals surface area contributed by atoms with Crippen molar-refractivity contribution in [2.45, 2.75) is 27.7 Å². The van der Waals surface area contributed by atoms with Gasteiger partial charge < -0.3 is 10.6 Å². The van der Waals surface area contributed by atoms with Gasteiger partial charge in [0.05, 0.1) is 0 Å². The summed E-state index contributed by atoms with van der Waals surface area (Å²) in [5.74, 6) is -0.629. The average molecular weight is 373 g/mol. The number of pyridine rings is 1. The standard InChI is InChI=1S/C23H23N3O2/c1-14-7-6-10-19(17(14)4)25-22(27)18-11-12-24-20(13-18)23(28)26-21-15(2)8-5-9-16(21)3/h5-13H,1-4H3,(H,25,27)(H,26,28). The van der Waals surface area contributed by atoms with Gasteiger partial charge in [-0.15, -0.1) is 0 Å². The summed E-state index contributed by atoms with van der Waals surface area (Å²) in [6.45, 7) is 7.82. The van der Waals surface area contributed by atoms with Crippen LogP contribution in [0.4, 0.5) is 11.4 Å². The van der Waals surface area contributed by atoms with Gasteiger partial charge in [-0.1, -0.05) is 30.3 Å². The smallest absolute Gasteiger partial charge is 0.274 e. The zero-order valence-electron chi connectivity index (χ0n) is 16.5. The predicted octanol–water partition coefficient (Wildman–Crippen LogP) is 4.82. The Balaban J connectivity index is 1.81. The van der Waals surface area contributed by atoms with Crippen molar-refractivity contribution in [3.05, 3.63) is 88.2 Å². The summed E-state index contributed by atoms with van der Waals surface area (Å²) in [5.41, 5.74) is 6.13. The molecule has 0 fully saturated rings. The number of anilines is 2. The van der Waals surface area contributed by atoms with Crippen molar-refractivity contribution >= 4 is 23.2 Å². The zero-order chi connectivity index (χ0) is 20.3. The highest BCUT2D eigenvalue weighted by Crippen LogP contribution is 2.21. The first-order valence-corrected chi connectivity index (χ1v) is 9.08. The number of rotatable bonds is 4. The van der Waals surface area contributed by atoms with E-state index < -0.39 is 0 Å². The monoisotopic (exact) mass is 373 g/mol. The molecule has 0 aliphatic carbocycles. The van der Waals surface area contributed by atoms with Gasteiger partial charge in [0, 0.05) is 23.1 Å². The predicted molar refractivity (Wildman–Crippen MR) is 112 cm³/mol. The summed E-state index contributed by atoms with van der Waals surface area (Å²) in [6.07, 6.45) is 1.47. The number of para-hydroxylation sites is 1. The summed E-state index contributed by atoms with van der Waals surface area (Å²) in [5, 5.41) is 5.80. The van der Waals surface area contributed by atoms with E-state index in [0.717, 1.165) is 33.6 Å². The Morgan fingerprint density at radius 3 is 2.14 bits per heavy atom. The number of carbonyl (C=O) groups is 2.